The highest BCUT2D eigenvalue weighted by Gasteiger charge is 2.33. The third kappa shape index (κ3) is 3.91. The summed E-state index contributed by atoms with van der Waals surface area (Å²) in [5, 5.41) is 10.2. The molecule has 2 aromatic carbocycles. The Morgan fingerprint density at radius 3 is 2.78 bits per heavy atom. The third-order valence-corrected chi connectivity index (χ3v) is 5.41. The van der Waals surface area contributed by atoms with Gasteiger partial charge in [-0.25, -0.2) is 0 Å². The van der Waals surface area contributed by atoms with Crippen LogP contribution >= 0.6 is 24.0 Å². The Bertz CT molecular complexity index is 966. The number of carbonyl (C=O) groups excluding carboxylic acids is 1. The molecule has 138 valence electrons. The number of aryl methyl sites for hydroxylation is 1. The number of nitrogens with zero attached hydrogens (tertiary/aromatic N) is 1. The van der Waals surface area contributed by atoms with E-state index < -0.39 is 0 Å². The molecule has 1 heterocycles. The van der Waals surface area contributed by atoms with Crippen molar-refractivity contribution < 1.29 is 14.6 Å². The predicted molar refractivity (Wildman–Crippen MR) is 115 cm³/mol. The van der Waals surface area contributed by atoms with Crippen molar-refractivity contribution in [3.63, 3.8) is 0 Å². The van der Waals surface area contributed by atoms with Crippen LogP contribution in [0, 0.1) is 6.92 Å². The van der Waals surface area contributed by atoms with E-state index in [0.717, 1.165) is 16.8 Å². The maximum absolute atomic E-state index is 12.9. The number of thioether (sulfide) groups is 1. The van der Waals surface area contributed by atoms with E-state index in [9.17, 15) is 9.90 Å². The summed E-state index contributed by atoms with van der Waals surface area (Å²) in [7, 11) is 1.49. The minimum Gasteiger partial charge on any atom is -0.504 e. The van der Waals surface area contributed by atoms with Gasteiger partial charge < -0.3 is 9.84 Å². The maximum atomic E-state index is 12.9. The minimum atomic E-state index is -0.159. The Morgan fingerprint density at radius 1 is 1.33 bits per heavy atom. The number of hydrogen-bond acceptors (Lipinski definition) is 5. The molecule has 0 radical (unpaired) electrons. The van der Waals surface area contributed by atoms with Gasteiger partial charge in [0.2, 0.25) is 0 Å². The lowest BCUT2D eigenvalue weighted by molar-refractivity contribution is -0.113. The van der Waals surface area contributed by atoms with Gasteiger partial charge in [0.25, 0.3) is 5.91 Å². The fraction of sp³-hybridized carbons (Fsp3) is 0.143. The summed E-state index contributed by atoms with van der Waals surface area (Å²) in [4.78, 5) is 15.0. The molecule has 1 amide bonds. The highest BCUT2D eigenvalue weighted by Crippen LogP contribution is 2.38. The number of anilines is 1. The van der Waals surface area contributed by atoms with Gasteiger partial charge >= 0.3 is 0 Å². The van der Waals surface area contributed by atoms with E-state index in [4.69, 9.17) is 17.0 Å². The second kappa shape index (κ2) is 7.98. The second-order valence-electron chi connectivity index (χ2n) is 6.08. The molecule has 3 rings (SSSR count). The molecule has 1 fully saturated rings. The van der Waals surface area contributed by atoms with Gasteiger partial charge in [-0.15, -0.1) is 6.58 Å². The smallest absolute Gasteiger partial charge is 0.270 e. The van der Waals surface area contributed by atoms with Crippen LogP contribution in [0.4, 0.5) is 5.69 Å². The molecular formula is C21H19NO3S2. The zero-order valence-electron chi connectivity index (χ0n) is 15.1. The van der Waals surface area contributed by atoms with Crippen molar-refractivity contribution in [2.24, 2.45) is 0 Å². The van der Waals surface area contributed by atoms with Crippen LogP contribution in [0.15, 0.2) is 54.0 Å². The van der Waals surface area contributed by atoms with Gasteiger partial charge in [-0.3, -0.25) is 9.69 Å². The Hall–Kier alpha value is -2.57. The summed E-state index contributed by atoms with van der Waals surface area (Å²) in [5.74, 6) is 0.282. The number of ether oxygens (including phenoxy) is 1. The Balaban J connectivity index is 1.98. The largest absolute Gasteiger partial charge is 0.504 e. The Labute approximate surface area is 168 Å². The standard InChI is InChI=1S/C21H19NO3S2/c1-4-6-15-10-14(11-17(25-3)19(15)23)12-18-20(24)22(21(26)27-18)16-8-5-7-13(2)9-16/h4-5,7-12,23H,1,6H2,2-3H3/b18-12+. The molecule has 4 nitrogen and oxygen atoms in total. The van der Waals surface area contributed by atoms with Crippen LogP contribution in [0.1, 0.15) is 16.7 Å². The number of carbonyl (C=O) groups is 1. The second-order valence-corrected chi connectivity index (χ2v) is 7.76. The lowest BCUT2D eigenvalue weighted by atomic mass is 10.1. The number of phenols is 1. The Kier molecular flexibility index (Phi) is 5.68. The minimum absolute atomic E-state index is 0.0851. The number of phenolic OH excluding ortho intramolecular Hbond substituents is 1. The molecule has 0 spiro atoms. The Morgan fingerprint density at radius 2 is 2.11 bits per heavy atom. The summed E-state index contributed by atoms with van der Waals surface area (Å²) >= 11 is 6.68. The molecule has 1 aliphatic heterocycles. The quantitative estimate of drug-likeness (QED) is 0.444. The fourth-order valence-corrected chi connectivity index (χ4v) is 4.15. The van der Waals surface area contributed by atoms with Crippen molar-refractivity contribution in [2.75, 3.05) is 12.0 Å². The molecule has 27 heavy (non-hydrogen) atoms. The summed E-state index contributed by atoms with van der Waals surface area (Å²) in [5.41, 5.74) is 3.26. The first kappa shape index (κ1) is 19.2. The van der Waals surface area contributed by atoms with Crippen molar-refractivity contribution in [1.29, 1.82) is 0 Å². The number of thiocarbonyl (C=S) groups is 1. The molecule has 0 aromatic heterocycles. The van der Waals surface area contributed by atoms with E-state index in [1.165, 1.54) is 18.9 Å². The van der Waals surface area contributed by atoms with E-state index in [0.29, 0.717) is 27.0 Å². The molecule has 1 N–H and O–H groups in total. The van der Waals surface area contributed by atoms with Gasteiger partial charge in [0, 0.05) is 5.56 Å². The van der Waals surface area contributed by atoms with Gasteiger partial charge in [0.05, 0.1) is 17.7 Å². The molecule has 0 unspecified atom stereocenters. The van der Waals surface area contributed by atoms with Crippen LogP contribution < -0.4 is 9.64 Å². The summed E-state index contributed by atoms with van der Waals surface area (Å²) in [6.45, 7) is 5.68. The van der Waals surface area contributed by atoms with Gasteiger partial charge in [-0.2, -0.15) is 0 Å². The first-order chi connectivity index (χ1) is 12.9. The molecule has 1 saturated heterocycles. The van der Waals surface area contributed by atoms with Gasteiger partial charge in [-0.1, -0.05) is 42.2 Å². The lowest BCUT2D eigenvalue weighted by Gasteiger charge is -2.14. The SMILES string of the molecule is C=CCc1cc(/C=C2/SC(=S)N(c3cccc(C)c3)C2=O)cc(OC)c1O. The summed E-state index contributed by atoms with van der Waals surface area (Å²) in [6, 6.07) is 11.2. The average molecular weight is 398 g/mol. The molecule has 0 bridgehead atoms. The van der Waals surface area contributed by atoms with Gasteiger partial charge in [0.15, 0.2) is 15.8 Å². The molecule has 2 aromatic rings. The van der Waals surface area contributed by atoms with E-state index in [-0.39, 0.29) is 11.7 Å². The van der Waals surface area contributed by atoms with Crippen LogP contribution in [0.2, 0.25) is 0 Å². The zero-order valence-corrected chi connectivity index (χ0v) is 16.7. The predicted octanol–water partition coefficient (Wildman–Crippen LogP) is 4.84. The van der Waals surface area contributed by atoms with Crippen LogP contribution in [-0.2, 0) is 11.2 Å². The van der Waals surface area contributed by atoms with Gasteiger partial charge in [0.1, 0.15) is 0 Å². The van der Waals surface area contributed by atoms with Crippen LogP contribution in [-0.4, -0.2) is 22.4 Å². The number of amides is 1. The average Bonchev–Trinajstić information content (AvgIpc) is 2.91. The zero-order chi connectivity index (χ0) is 19.6. The van der Waals surface area contributed by atoms with Crippen molar-refractivity contribution in [3.05, 3.63) is 70.6 Å². The van der Waals surface area contributed by atoms with E-state index >= 15 is 0 Å². The maximum Gasteiger partial charge on any atom is 0.270 e. The fourth-order valence-electron chi connectivity index (χ4n) is 2.85. The normalized spacial score (nSPS) is 15.5. The molecule has 6 heteroatoms. The van der Waals surface area contributed by atoms with Crippen LogP contribution in [0.25, 0.3) is 6.08 Å². The molecule has 0 aliphatic carbocycles. The molecule has 0 saturated carbocycles. The van der Waals surface area contributed by atoms with Crippen LogP contribution in [0.3, 0.4) is 0 Å². The number of hydrogen-bond donors (Lipinski definition) is 1. The van der Waals surface area contributed by atoms with E-state index in [1.54, 1.807) is 23.1 Å². The van der Waals surface area contributed by atoms with Crippen molar-refractivity contribution >= 4 is 46.0 Å². The number of allylic oxidation sites excluding steroid dienone is 1. The highest BCUT2D eigenvalue weighted by molar-refractivity contribution is 8.27. The number of benzene rings is 2. The summed E-state index contributed by atoms with van der Waals surface area (Å²) < 4.78 is 5.74. The number of aromatic hydroxyl groups is 1. The lowest BCUT2D eigenvalue weighted by Crippen LogP contribution is -2.27. The molecule has 0 atom stereocenters. The molecular weight excluding hydrogens is 378 g/mol. The van der Waals surface area contributed by atoms with Crippen molar-refractivity contribution in [1.82, 2.24) is 0 Å². The number of methoxy groups -OCH3 is 1. The van der Waals surface area contributed by atoms with Crippen molar-refractivity contribution in [2.45, 2.75) is 13.3 Å². The molecule has 1 aliphatic rings. The highest BCUT2D eigenvalue weighted by atomic mass is 32.2. The van der Waals surface area contributed by atoms with Gasteiger partial charge in [-0.05, 0) is 54.8 Å². The van der Waals surface area contributed by atoms with Crippen molar-refractivity contribution in [3.8, 4) is 11.5 Å². The third-order valence-electron chi connectivity index (χ3n) is 4.11. The number of rotatable bonds is 5. The first-order valence-corrected chi connectivity index (χ1v) is 9.52. The topological polar surface area (TPSA) is 49.8 Å². The monoisotopic (exact) mass is 397 g/mol. The van der Waals surface area contributed by atoms with E-state index in [2.05, 4.69) is 6.58 Å². The summed E-state index contributed by atoms with van der Waals surface area (Å²) in [6.07, 6.45) is 3.97. The first-order valence-electron chi connectivity index (χ1n) is 8.30. The van der Waals surface area contributed by atoms with Crippen LogP contribution in [0.5, 0.6) is 11.5 Å². The van der Waals surface area contributed by atoms with E-state index in [1.807, 2.05) is 37.3 Å².